The third-order valence-corrected chi connectivity index (χ3v) is 7.22. The fourth-order valence-electron chi connectivity index (χ4n) is 3.36. The first-order valence-electron chi connectivity index (χ1n) is 10.0. The van der Waals surface area contributed by atoms with Crippen LogP contribution < -0.4 is 14.2 Å². The first kappa shape index (κ1) is 24.8. The Kier molecular flexibility index (Phi) is 9.73. The molecule has 1 aromatic rings. The van der Waals surface area contributed by atoms with Gasteiger partial charge in [0.25, 0.3) is 0 Å². The van der Waals surface area contributed by atoms with Crippen LogP contribution in [0, 0.1) is 0 Å². The van der Waals surface area contributed by atoms with Crippen LogP contribution in [0.25, 0.3) is 0 Å². The Morgan fingerprint density at radius 3 is 2.47 bits per heavy atom. The second-order valence-corrected chi connectivity index (χ2v) is 10.2. The molecular formula is C20H33N3O5S2. The maximum Gasteiger partial charge on any atom is 0.240 e. The number of thioether (sulfide) groups is 1. The summed E-state index contributed by atoms with van der Waals surface area (Å²) in [4.78, 5) is 17.0. The highest BCUT2D eigenvalue weighted by Crippen LogP contribution is 2.25. The number of rotatable bonds is 11. The van der Waals surface area contributed by atoms with E-state index in [4.69, 9.17) is 9.47 Å². The SMILES string of the molecule is CCS(=O)(=O)NC(CCSC)C(=O)N1CCN(Cc2cc(OC)ccc2OC)CC1. The van der Waals surface area contributed by atoms with Crippen LogP contribution in [0.4, 0.5) is 0 Å². The number of nitrogens with one attached hydrogen (secondary N) is 1. The van der Waals surface area contributed by atoms with Gasteiger partial charge < -0.3 is 14.4 Å². The zero-order chi connectivity index (χ0) is 22.1. The van der Waals surface area contributed by atoms with Gasteiger partial charge in [-0.15, -0.1) is 0 Å². The van der Waals surface area contributed by atoms with Crippen LogP contribution in [0.3, 0.4) is 0 Å². The van der Waals surface area contributed by atoms with Gasteiger partial charge in [0.2, 0.25) is 15.9 Å². The van der Waals surface area contributed by atoms with Crippen LogP contribution >= 0.6 is 11.8 Å². The molecule has 0 radical (unpaired) electrons. The van der Waals surface area contributed by atoms with Crippen molar-refractivity contribution in [1.29, 1.82) is 0 Å². The number of sulfonamides is 1. The van der Waals surface area contributed by atoms with Crippen molar-refractivity contribution in [2.24, 2.45) is 0 Å². The number of hydrogen-bond acceptors (Lipinski definition) is 7. The van der Waals surface area contributed by atoms with E-state index in [1.54, 1.807) is 37.8 Å². The fourth-order valence-corrected chi connectivity index (χ4v) is 4.65. The minimum Gasteiger partial charge on any atom is -0.497 e. The molecule has 1 atom stereocenters. The van der Waals surface area contributed by atoms with Gasteiger partial charge in [-0.3, -0.25) is 9.69 Å². The summed E-state index contributed by atoms with van der Waals surface area (Å²) in [5.41, 5.74) is 1.03. The Balaban J connectivity index is 1.98. The molecular weight excluding hydrogens is 426 g/mol. The molecule has 8 nitrogen and oxygen atoms in total. The van der Waals surface area contributed by atoms with Gasteiger partial charge in [-0.1, -0.05) is 0 Å². The Labute approximate surface area is 184 Å². The van der Waals surface area contributed by atoms with Crippen molar-refractivity contribution in [3.63, 3.8) is 0 Å². The Morgan fingerprint density at radius 2 is 1.90 bits per heavy atom. The van der Waals surface area contributed by atoms with E-state index < -0.39 is 16.1 Å². The lowest BCUT2D eigenvalue weighted by molar-refractivity contribution is -0.134. The van der Waals surface area contributed by atoms with Crippen LogP contribution in [0.2, 0.25) is 0 Å². The lowest BCUT2D eigenvalue weighted by atomic mass is 10.1. The van der Waals surface area contributed by atoms with E-state index in [1.165, 1.54) is 0 Å². The Hall–Kier alpha value is -1.49. The van der Waals surface area contributed by atoms with E-state index in [0.29, 0.717) is 39.1 Å². The largest absolute Gasteiger partial charge is 0.497 e. The first-order chi connectivity index (χ1) is 14.3. The number of carbonyl (C=O) groups is 1. The summed E-state index contributed by atoms with van der Waals surface area (Å²) in [6, 6.07) is 5.02. The van der Waals surface area contributed by atoms with Gasteiger partial charge in [-0.2, -0.15) is 11.8 Å². The van der Waals surface area contributed by atoms with Crippen LogP contribution in [0.15, 0.2) is 18.2 Å². The predicted molar refractivity (Wildman–Crippen MR) is 121 cm³/mol. The van der Waals surface area contributed by atoms with Gasteiger partial charge in [0.05, 0.1) is 20.0 Å². The van der Waals surface area contributed by atoms with Crippen molar-refractivity contribution in [1.82, 2.24) is 14.5 Å². The maximum absolute atomic E-state index is 13.0. The van der Waals surface area contributed by atoms with Crippen molar-refractivity contribution in [2.75, 3.05) is 58.2 Å². The average molecular weight is 460 g/mol. The number of benzene rings is 1. The predicted octanol–water partition coefficient (Wildman–Crippen LogP) is 1.41. The minimum atomic E-state index is -3.44. The van der Waals surface area contributed by atoms with Gasteiger partial charge in [0.15, 0.2) is 0 Å². The molecule has 1 N–H and O–H groups in total. The van der Waals surface area contributed by atoms with E-state index in [0.717, 1.165) is 22.8 Å². The molecule has 1 aliphatic heterocycles. The van der Waals surface area contributed by atoms with Crippen molar-refractivity contribution >= 4 is 27.7 Å². The van der Waals surface area contributed by atoms with Crippen molar-refractivity contribution in [3.8, 4) is 11.5 Å². The summed E-state index contributed by atoms with van der Waals surface area (Å²) in [6.07, 6.45) is 2.43. The molecule has 1 unspecified atom stereocenters. The van der Waals surface area contributed by atoms with Gasteiger partial charge >= 0.3 is 0 Å². The third kappa shape index (κ3) is 7.04. The molecule has 2 rings (SSSR count). The lowest BCUT2D eigenvalue weighted by Crippen LogP contribution is -2.55. The molecule has 1 aromatic carbocycles. The number of carbonyl (C=O) groups excluding carboxylic acids is 1. The molecule has 170 valence electrons. The Bertz CT molecular complexity index is 796. The molecule has 1 fully saturated rings. The molecule has 10 heteroatoms. The average Bonchev–Trinajstić information content (AvgIpc) is 2.76. The number of amides is 1. The van der Waals surface area contributed by atoms with Gasteiger partial charge in [-0.25, -0.2) is 13.1 Å². The number of hydrogen-bond donors (Lipinski definition) is 1. The van der Waals surface area contributed by atoms with E-state index in [9.17, 15) is 13.2 Å². The molecule has 0 aliphatic carbocycles. The van der Waals surface area contributed by atoms with Gasteiger partial charge in [-0.05, 0) is 43.6 Å². The molecule has 1 aliphatic rings. The highest BCUT2D eigenvalue weighted by molar-refractivity contribution is 7.98. The molecule has 1 saturated heterocycles. The summed E-state index contributed by atoms with van der Waals surface area (Å²) in [5.74, 6) is 2.13. The highest BCUT2D eigenvalue weighted by Gasteiger charge is 2.30. The number of nitrogens with zero attached hydrogens (tertiary/aromatic N) is 2. The fraction of sp³-hybridized carbons (Fsp3) is 0.650. The van der Waals surface area contributed by atoms with Crippen molar-refractivity contribution in [3.05, 3.63) is 23.8 Å². The lowest BCUT2D eigenvalue weighted by Gasteiger charge is -2.36. The van der Waals surface area contributed by atoms with Crippen LogP contribution in [0.5, 0.6) is 11.5 Å². The standard InChI is InChI=1S/C20H33N3O5S2/c1-5-30(25,26)21-18(8-13-29-4)20(24)23-11-9-22(10-12-23)15-16-14-17(27-2)6-7-19(16)28-3/h6-7,14,18,21H,5,8-13,15H2,1-4H3. The highest BCUT2D eigenvalue weighted by atomic mass is 32.2. The summed E-state index contributed by atoms with van der Waals surface area (Å²) in [6.45, 7) is 4.82. The second-order valence-electron chi connectivity index (χ2n) is 7.13. The van der Waals surface area contributed by atoms with Crippen LogP contribution in [-0.4, -0.2) is 88.3 Å². The maximum atomic E-state index is 13.0. The van der Waals surface area contributed by atoms with E-state index in [2.05, 4.69) is 9.62 Å². The van der Waals surface area contributed by atoms with E-state index >= 15 is 0 Å². The third-order valence-electron chi connectivity index (χ3n) is 5.18. The van der Waals surface area contributed by atoms with Crippen LogP contribution in [-0.2, 0) is 21.4 Å². The normalized spacial score (nSPS) is 16.3. The summed E-state index contributed by atoms with van der Waals surface area (Å²) >= 11 is 1.60. The molecule has 0 aromatic heterocycles. The summed E-state index contributed by atoms with van der Waals surface area (Å²) in [7, 11) is -0.160. The molecule has 0 saturated carbocycles. The number of piperazine rings is 1. The topological polar surface area (TPSA) is 88.2 Å². The zero-order valence-electron chi connectivity index (χ0n) is 18.2. The van der Waals surface area contributed by atoms with Gasteiger partial charge in [0, 0.05) is 38.3 Å². The summed E-state index contributed by atoms with van der Waals surface area (Å²) < 4.78 is 37.4. The Morgan fingerprint density at radius 1 is 1.20 bits per heavy atom. The molecule has 1 amide bonds. The second kappa shape index (κ2) is 11.8. The molecule has 30 heavy (non-hydrogen) atoms. The van der Waals surface area contributed by atoms with Gasteiger partial charge in [0.1, 0.15) is 17.5 Å². The van der Waals surface area contributed by atoms with E-state index in [-0.39, 0.29) is 11.7 Å². The molecule has 0 spiro atoms. The number of methoxy groups -OCH3 is 2. The zero-order valence-corrected chi connectivity index (χ0v) is 19.9. The minimum absolute atomic E-state index is 0.0355. The van der Waals surface area contributed by atoms with Crippen molar-refractivity contribution < 1.29 is 22.7 Å². The summed E-state index contributed by atoms with van der Waals surface area (Å²) in [5, 5.41) is 0. The van der Waals surface area contributed by atoms with E-state index in [1.807, 2.05) is 24.5 Å². The smallest absolute Gasteiger partial charge is 0.240 e. The van der Waals surface area contributed by atoms with Crippen LogP contribution in [0.1, 0.15) is 18.9 Å². The molecule has 0 bridgehead atoms. The first-order valence-corrected chi connectivity index (χ1v) is 13.1. The quantitative estimate of drug-likeness (QED) is 0.535. The monoisotopic (exact) mass is 459 g/mol. The van der Waals surface area contributed by atoms with Crippen molar-refractivity contribution in [2.45, 2.75) is 25.9 Å². The number of ether oxygens (including phenoxy) is 2. The molecule has 1 heterocycles.